The van der Waals surface area contributed by atoms with E-state index in [1.165, 1.54) is 16.2 Å². The molecular formula is C21H34N2O3S2. The van der Waals surface area contributed by atoms with E-state index < -0.39 is 9.84 Å². The van der Waals surface area contributed by atoms with Gasteiger partial charge in [-0.1, -0.05) is 19.3 Å². The van der Waals surface area contributed by atoms with Crippen LogP contribution in [0.5, 0.6) is 0 Å². The van der Waals surface area contributed by atoms with Gasteiger partial charge in [0.25, 0.3) is 0 Å². The van der Waals surface area contributed by atoms with E-state index >= 15 is 0 Å². The number of carbonyl (C=O) groups is 1. The number of nitrogens with zero attached hydrogens (tertiary/aromatic N) is 2. The van der Waals surface area contributed by atoms with E-state index in [9.17, 15) is 13.2 Å². The van der Waals surface area contributed by atoms with Crippen molar-refractivity contribution in [3.8, 4) is 0 Å². The highest BCUT2D eigenvalue weighted by molar-refractivity contribution is 7.91. The summed E-state index contributed by atoms with van der Waals surface area (Å²) in [5.41, 5.74) is 0. The van der Waals surface area contributed by atoms with Crippen LogP contribution in [-0.4, -0.2) is 60.3 Å². The first-order chi connectivity index (χ1) is 13.2. The summed E-state index contributed by atoms with van der Waals surface area (Å²) in [6, 6.07) is 4.59. The Morgan fingerprint density at radius 2 is 1.86 bits per heavy atom. The highest BCUT2D eigenvalue weighted by atomic mass is 32.2. The third-order valence-electron chi connectivity index (χ3n) is 6.08. The number of rotatable bonds is 7. The number of hydrogen-bond acceptors (Lipinski definition) is 5. The van der Waals surface area contributed by atoms with Gasteiger partial charge in [0.15, 0.2) is 9.84 Å². The van der Waals surface area contributed by atoms with Crippen molar-refractivity contribution in [2.24, 2.45) is 0 Å². The Balaban J connectivity index is 1.74. The monoisotopic (exact) mass is 426 g/mol. The highest BCUT2D eigenvalue weighted by Gasteiger charge is 2.38. The zero-order chi connectivity index (χ0) is 20.3. The quantitative estimate of drug-likeness (QED) is 0.668. The third kappa shape index (κ3) is 5.57. The SMILES string of the molecule is Cc1ccc(CN(CC(=O)N(C2CCCCC2)C2CCS(=O)(=O)C2)C(C)C)s1. The van der Waals surface area contributed by atoms with Gasteiger partial charge in [0.1, 0.15) is 0 Å². The van der Waals surface area contributed by atoms with Crippen LogP contribution in [0.1, 0.15) is 62.1 Å². The van der Waals surface area contributed by atoms with E-state index in [1.807, 2.05) is 4.90 Å². The average molecular weight is 427 g/mol. The fraction of sp³-hybridized carbons (Fsp3) is 0.762. The molecule has 3 rings (SSSR count). The van der Waals surface area contributed by atoms with Gasteiger partial charge in [-0.25, -0.2) is 8.42 Å². The maximum Gasteiger partial charge on any atom is 0.237 e. The number of aryl methyl sites for hydroxylation is 1. The summed E-state index contributed by atoms with van der Waals surface area (Å²) in [6.07, 6.45) is 6.10. The lowest BCUT2D eigenvalue weighted by molar-refractivity contribution is -0.138. The van der Waals surface area contributed by atoms with Crippen molar-refractivity contribution in [2.75, 3.05) is 18.1 Å². The normalized spacial score (nSPS) is 22.8. The molecule has 2 fully saturated rings. The predicted molar refractivity (Wildman–Crippen MR) is 115 cm³/mol. The van der Waals surface area contributed by atoms with Crippen LogP contribution >= 0.6 is 11.3 Å². The summed E-state index contributed by atoms with van der Waals surface area (Å²) in [5, 5.41) is 0. The smallest absolute Gasteiger partial charge is 0.237 e. The second-order valence-electron chi connectivity index (χ2n) is 8.66. The van der Waals surface area contributed by atoms with Crippen LogP contribution in [0.2, 0.25) is 0 Å². The third-order valence-corrected chi connectivity index (χ3v) is 8.82. The fourth-order valence-electron chi connectivity index (χ4n) is 4.51. The summed E-state index contributed by atoms with van der Waals surface area (Å²) in [6.45, 7) is 7.48. The minimum absolute atomic E-state index is 0.107. The van der Waals surface area contributed by atoms with Crippen LogP contribution in [0.3, 0.4) is 0 Å². The zero-order valence-electron chi connectivity index (χ0n) is 17.4. The molecule has 0 N–H and O–H groups in total. The lowest BCUT2D eigenvalue weighted by Crippen LogP contribution is -2.52. The van der Waals surface area contributed by atoms with Crippen LogP contribution in [0.15, 0.2) is 12.1 Å². The van der Waals surface area contributed by atoms with Gasteiger partial charge in [-0.2, -0.15) is 0 Å². The molecule has 5 nitrogen and oxygen atoms in total. The second kappa shape index (κ2) is 9.26. The van der Waals surface area contributed by atoms with Crippen LogP contribution in [-0.2, 0) is 21.2 Å². The van der Waals surface area contributed by atoms with E-state index in [-0.39, 0.29) is 35.5 Å². The van der Waals surface area contributed by atoms with Crippen molar-refractivity contribution in [2.45, 2.75) is 84.0 Å². The van der Waals surface area contributed by atoms with Crippen molar-refractivity contribution >= 4 is 27.1 Å². The zero-order valence-corrected chi connectivity index (χ0v) is 19.0. The summed E-state index contributed by atoms with van der Waals surface area (Å²) < 4.78 is 24.2. The Morgan fingerprint density at radius 3 is 2.39 bits per heavy atom. The van der Waals surface area contributed by atoms with Crippen molar-refractivity contribution < 1.29 is 13.2 Å². The van der Waals surface area contributed by atoms with Gasteiger partial charge < -0.3 is 4.90 Å². The maximum absolute atomic E-state index is 13.4. The molecule has 1 aliphatic carbocycles. The number of sulfone groups is 1. The molecule has 7 heteroatoms. The molecule has 1 saturated heterocycles. The topological polar surface area (TPSA) is 57.7 Å². The first-order valence-corrected chi connectivity index (χ1v) is 13.2. The second-order valence-corrected chi connectivity index (χ2v) is 12.3. The Bertz CT molecular complexity index is 766. The molecule has 0 aromatic carbocycles. The van der Waals surface area contributed by atoms with Crippen LogP contribution < -0.4 is 0 Å². The summed E-state index contributed by atoms with van der Waals surface area (Å²) in [7, 11) is -3.01. The predicted octanol–water partition coefficient (Wildman–Crippen LogP) is 3.62. The molecule has 2 aliphatic rings. The molecule has 158 valence electrons. The Morgan fingerprint density at radius 1 is 1.14 bits per heavy atom. The van der Waals surface area contributed by atoms with Crippen LogP contribution in [0.4, 0.5) is 0 Å². The Labute approximate surface area is 174 Å². The lowest BCUT2D eigenvalue weighted by Gasteiger charge is -2.40. The summed E-state index contributed by atoms with van der Waals surface area (Å²) >= 11 is 1.78. The molecule has 1 atom stereocenters. The average Bonchev–Trinajstić information content (AvgIpc) is 3.20. The van der Waals surface area contributed by atoms with Gasteiger partial charge >= 0.3 is 0 Å². The van der Waals surface area contributed by atoms with E-state index in [1.54, 1.807) is 11.3 Å². The van der Waals surface area contributed by atoms with Gasteiger partial charge in [0, 0.05) is 34.4 Å². The molecule has 1 aromatic rings. The molecule has 2 heterocycles. The molecular weight excluding hydrogens is 392 g/mol. The number of hydrogen-bond donors (Lipinski definition) is 0. The highest BCUT2D eigenvalue weighted by Crippen LogP contribution is 2.29. The minimum Gasteiger partial charge on any atom is -0.335 e. The van der Waals surface area contributed by atoms with Gasteiger partial charge in [0.05, 0.1) is 18.1 Å². The molecule has 1 aliphatic heterocycles. The van der Waals surface area contributed by atoms with E-state index in [0.29, 0.717) is 13.0 Å². The first-order valence-electron chi connectivity index (χ1n) is 10.6. The summed E-state index contributed by atoms with van der Waals surface area (Å²) in [5.74, 6) is 0.466. The standard InChI is InChI=1S/C21H34N2O3S2/c1-16(2)22(13-20-10-9-17(3)27-20)14-21(24)23(18-7-5-4-6-8-18)19-11-12-28(25,26)15-19/h9-10,16,18-19H,4-8,11-15H2,1-3H3. The van der Waals surface area contributed by atoms with Crippen molar-refractivity contribution in [3.05, 3.63) is 21.9 Å². The molecule has 0 spiro atoms. The van der Waals surface area contributed by atoms with Gasteiger partial charge in [-0.3, -0.25) is 9.69 Å². The van der Waals surface area contributed by atoms with Crippen LogP contribution in [0, 0.1) is 6.92 Å². The van der Waals surface area contributed by atoms with Gasteiger partial charge in [0.2, 0.25) is 5.91 Å². The van der Waals surface area contributed by atoms with Crippen molar-refractivity contribution in [1.82, 2.24) is 9.80 Å². The van der Waals surface area contributed by atoms with E-state index in [0.717, 1.165) is 32.2 Å². The van der Waals surface area contributed by atoms with Crippen molar-refractivity contribution in [3.63, 3.8) is 0 Å². The van der Waals surface area contributed by atoms with Gasteiger partial charge in [-0.15, -0.1) is 11.3 Å². The fourth-order valence-corrected chi connectivity index (χ4v) is 7.13. The molecule has 1 amide bonds. The van der Waals surface area contributed by atoms with Crippen molar-refractivity contribution in [1.29, 1.82) is 0 Å². The molecule has 0 radical (unpaired) electrons. The number of amides is 1. The molecule has 1 unspecified atom stereocenters. The van der Waals surface area contributed by atoms with Crippen LogP contribution in [0.25, 0.3) is 0 Å². The summed E-state index contributed by atoms with van der Waals surface area (Å²) in [4.78, 5) is 20.2. The number of carbonyl (C=O) groups excluding carboxylic acids is 1. The molecule has 1 saturated carbocycles. The largest absolute Gasteiger partial charge is 0.335 e. The minimum atomic E-state index is -3.01. The van der Waals surface area contributed by atoms with E-state index in [4.69, 9.17) is 0 Å². The maximum atomic E-state index is 13.4. The van der Waals surface area contributed by atoms with Gasteiger partial charge in [-0.05, 0) is 52.2 Å². The Kier molecular flexibility index (Phi) is 7.21. The van der Waals surface area contributed by atoms with E-state index in [2.05, 4.69) is 37.8 Å². The number of thiophene rings is 1. The molecule has 28 heavy (non-hydrogen) atoms. The Hall–Kier alpha value is -0.920. The first kappa shape index (κ1) is 21.8. The lowest BCUT2D eigenvalue weighted by atomic mass is 9.92. The molecule has 1 aromatic heterocycles. The molecule has 0 bridgehead atoms.